The van der Waals surface area contributed by atoms with Gasteiger partial charge in [0.15, 0.2) is 5.96 Å². The number of amides is 2. The number of hydrogen-bond acceptors (Lipinski definition) is 7. The summed E-state index contributed by atoms with van der Waals surface area (Å²) in [5, 5.41) is 14.9. The lowest BCUT2D eigenvalue weighted by molar-refractivity contribution is -0.134. The standard InChI is InChI=1S/C24H30ClN7O3.ClH/c1-14-10-15(8-9-35-14)32-20(33)11-24(2,30-23(32)26)16-6-5-7-17(21(16)25)29-22(34)18-12-27-13-19(28-18)31(3)4;/h5-7,12-15H,8-11H2,1-4H3,(H2,26,30)(H,29,34);1H/t14-,15-,24+;/m1./s1. The van der Waals surface area contributed by atoms with Crippen LogP contribution >= 0.6 is 24.0 Å². The third-order valence-corrected chi connectivity index (χ3v) is 6.79. The van der Waals surface area contributed by atoms with Crippen molar-refractivity contribution in [2.75, 3.05) is 30.9 Å². The molecule has 0 aliphatic carbocycles. The van der Waals surface area contributed by atoms with Gasteiger partial charge in [0.1, 0.15) is 11.5 Å². The number of hydrogen-bond donors (Lipinski definition) is 3. The molecule has 3 heterocycles. The average Bonchev–Trinajstić information content (AvgIpc) is 2.80. The van der Waals surface area contributed by atoms with Crippen molar-refractivity contribution in [3.63, 3.8) is 0 Å². The molecule has 0 radical (unpaired) electrons. The summed E-state index contributed by atoms with van der Waals surface area (Å²) in [6.07, 6.45) is 4.49. The van der Waals surface area contributed by atoms with Gasteiger partial charge in [-0.2, -0.15) is 0 Å². The van der Waals surface area contributed by atoms with Gasteiger partial charge in [0.2, 0.25) is 5.91 Å². The van der Waals surface area contributed by atoms with Crippen LogP contribution in [0.5, 0.6) is 0 Å². The van der Waals surface area contributed by atoms with E-state index in [9.17, 15) is 9.59 Å². The molecule has 12 heteroatoms. The molecule has 2 aromatic rings. The van der Waals surface area contributed by atoms with Crippen LogP contribution in [-0.2, 0) is 15.1 Å². The maximum Gasteiger partial charge on any atom is 0.275 e. The van der Waals surface area contributed by atoms with E-state index in [-0.39, 0.29) is 48.5 Å². The normalized spacial score (nSPS) is 24.0. The van der Waals surface area contributed by atoms with Gasteiger partial charge < -0.3 is 20.3 Å². The van der Waals surface area contributed by atoms with E-state index < -0.39 is 11.4 Å². The van der Waals surface area contributed by atoms with E-state index in [1.165, 1.54) is 11.1 Å². The molecule has 1 aromatic carbocycles. The third kappa shape index (κ3) is 5.55. The number of carbonyl (C=O) groups is 2. The molecule has 0 bridgehead atoms. The van der Waals surface area contributed by atoms with Crippen LogP contribution in [0.15, 0.2) is 30.6 Å². The first-order valence-electron chi connectivity index (χ1n) is 11.5. The first-order valence-corrected chi connectivity index (χ1v) is 11.9. The summed E-state index contributed by atoms with van der Waals surface area (Å²) < 4.78 is 5.60. The monoisotopic (exact) mass is 535 g/mol. The quantitative estimate of drug-likeness (QED) is 0.535. The average molecular weight is 536 g/mol. The second kappa shape index (κ2) is 11.0. The van der Waals surface area contributed by atoms with Gasteiger partial charge >= 0.3 is 0 Å². The molecule has 36 heavy (non-hydrogen) atoms. The molecule has 2 amide bonds. The number of anilines is 2. The van der Waals surface area contributed by atoms with Gasteiger partial charge in [0.05, 0.1) is 41.2 Å². The van der Waals surface area contributed by atoms with E-state index in [0.717, 1.165) is 0 Å². The molecule has 2 saturated heterocycles. The fourth-order valence-electron chi connectivity index (χ4n) is 4.56. The molecule has 3 N–H and O–H groups in total. The Labute approximate surface area is 221 Å². The smallest absolute Gasteiger partial charge is 0.275 e. The van der Waals surface area contributed by atoms with Crippen LogP contribution < -0.4 is 15.5 Å². The Morgan fingerprint density at radius 2 is 2.11 bits per heavy atom. The van der Waals surface area contributed by atoms with Crippen LogP contribution in [0.25, 0.3) is 0 Å². The zero-order chi connectivity index (χ0) is 25.3. The van der Waals surface area contributed by atoms with Crippen LogP contribution in [0.3, 0.4) is 0 Å². The molecule has 0 saturated carbocycles. The van der Waals surface area contributed by atoms with Gasteiger partial charge in [0.25, 0.3) is 5.91 Å². The number of ether oxygens (including phenoxy) is 1. The summed E-state index contributed by atoms with van der Waals surface area (Å²) >= 11 is 6.73. The van der Waals surface area contributed by atoms with Gasteiger partial charge in [0, 0.05) is 26.7 Å². The van der Waals surface area contributed by atoms with Crippen molar-refractivity contribution in [3.05, 3.63) is 46.9 Å². The SMILES string of the molecule is C[C@@H]1C[C@H](N2C(=N)N[C@](C)(c3cccc(NC(=O)c4cncc(N(C)C)n4)c3Cl)CC2=O)CCO1.Cl. The Hall–Kier alpha value is -2.95. The van der Waals surface area contributed by atoms with Crippen molar-refractivity contribution < 1.29 is 14.3 Å². The summed E-state index contributed by atoms with van der Waals surface area (Å²) in [5.41, 5.74) is 0.235. The topological polar surface area (TPSA) is 124 Å². The molecule has 10 nitrogen and oxygen atoms in total. The summed E-state index contributed by atoms with van der Waals surface area (Å²) in [7, 11) is 3.62. The molecule has 3 atom stereocenters. The minimum Gasteiger partial charge on any atom is -0.378 e. The van der Waals surface area contributed by atoms with Crippen LogP contribution in [0.4, 0.5) is 11.5 Å². The molecule has 2 aliphatic heterocycles. The van der Waals surface area contributed by atoms with E-state index in [1.807, 2.05) is 27.9 Å². The molecule has 2 fully saturated rings. The van der Waals surface area contributed by atoms with Crippen LogP contribution in [0.2, 0.25) is 5.02 Å². The lowest BCUT2D eigenvalue weighted by Crippen LogP contribution is -2.63. The first kappa shape index (κ1) is 27.6. The molecule has 2 aliphatic rings. The van der Waals surface area contributed by atoms with Crippen molar-refractivity contribution in [1.82, 2.24) is 20.2 Å². The number of aromatic nitrogens is 2. The molecular weight excluding hydrogens is 505 g/mol. The Kier molecular flexibility index (Phi) is 8.43. The van der Waals surface area contributed by atoms with E-state index in [0.29, 0.717) is 41.5 Å². The van der Waals surface area contributed by atoms with E-state index in [4.69, 9.17) is 21.7 Å². The van der Waals surface area contributed by atoms with Crippen LogP contribution in [-0.4, -0.2) is 65.5 Å². The highest BCUT2D eigenvalue weighted by atomic mass is 35.5. The maximum atomic E-state index is 13.2. The predicted octanol–water partition coefficient (Wildman–Crippen LogP) is 3.41. The van der Waals surface area contributed by atoms with Gasteiger partial charge in [-0.25, -0.2) is 4.98 Å². The van der Waals surface area contributed by atoms with Crippen LogP contribution in [0.1, 0.15) is 49.2 Å². The Bertz CT molecular complexity index is 1140. The number of carbonyl (C=O) groups excluding carboxylic acids is 2. The Balaban J connectivity index is 0.00000361. The largest absolute Gasteiger partial charge is 0.378 e. The summed E-state index contributed by atoms with van der Waals surface area (Å²) in [6, 6.07) is 5.16. The lowest BCUT2D eigenvalue weighted by Gasteiger charge is -2.45. The zero-order valence-electron chi connectivity index (χ0n) is 20.7. The highest BCUT2D eigenvalue weighted by molar-refractivity contribution is 6.35. The fourth-order valence-corrected chi connectivity index (χ4v) is 4.94. The first-order chi connectivity index (χ1) is 16.6. The molecule has 0 spiro atoms. The summed E-state index contributed by atoms with van der Waals surface area (Å²) in [6.45, 7) is 4.38. The zero-order valence-corrected chi connectivity index (χ0v) is 22.2. The van der Waals surface area contributed by atoms with Crippen molar-refractivity contribution in [3.8, 4) is 0 Å². The highest BCUT2D eigenvalue weighted by Gasteiger charge is 2.43. The second-order valence-corrected chi connectivity index (χ2v) is 9.76. The van der Waals surface area contributed by atoms with Gasteiger partial charge in [-0.1, -0.05) is 23.7 Å². The Morgan fingerprint density at radius 3 is 2.78 bits per heavy atom. The number of nitrogens with one attached hydrogen (secondary N) is 3. The minimum atomic E-state index is -0.913. The number of rotatable bonds is 5. The van der Waals surface area contributed by atoms with Gasteiger partial charge in [-0.3, -0.25) is 24.9 Å². The third-order valence-electron chi connectivity index (χ3n) is 6.39. The molecular formula is C24H31Cl2N7O3. The van der Waals surface area contributed by atoms with E-state index in [1.54, 1.807) is 29.3 Å². The predicted molar refractivity (Wildman–Crippen MR) is 141 cm³/mol. The number of guanidine groups is 1. The van der Waals surface area contributed by atoms with Crippen molar-refractivity contribution >= 4 is 53.3 Å². The van der Waals surface area contributed by atoms with Crippen molar-refractivity contribution in [1.29, 1.82) is 5.41 Å². The van der Waals surface area contributed by atoms with Gasteiger partial charge in [-0.05, 0) is 38.3 Å². The molecule has 1 aromatic heterocycles. The second-order valence-electron chi connectivity index (χ2n) is 9.38. The number of nitrogens with zero attached hydrogens (tertiary/aromatic N) is 4. The lowest BCUT2D eigenvalue weighted by atomic mass is 9.85. The molecule has 0 unspecified atom stereocenters. The summed E-state index contributed by atoms with van der Waals surface area (Å²) in [4.78, 5) is 37.7. The van der Waals surface area contributed by atoms with Crippen molar-refractivity contribution in [2.45, 2.75) is 50.8 Å². The van der Waals surface area contributed by atoms with E-state index >= 15 is 0 Å². The van der Waals surface area contributed by atoms with Crippen LogP contribution in [0, 0.1) is 5.41 Å². The summed E-state index contributed by atoms with van der Waals surface area (Å²) in [5.74, 6) is 0.00307. The van der Waals surface area contributed by atoms with E-state index in [2.05, 4.69) is 20.6 Å². The maximum absolute atomic E-state index is 13.2. The van der Waals surface area contributed by atoms with Crippen molar-refractivity contribution in [2.24, 2.45) is 0 Å². The molecule has 194 valence electrons. The highest BCUT2D eigenvalue weighted by Crippen LogP contribution is 2.38. The number of halogens is 2. The minimum absolute atomic E-state index is 0. The Morgan fingerprint density at radius 1 is 1.36 bits per heavy atom. The fraction of sp³-hybridized carbons (Fsp3) is 0.458. The van der Waals surface area contributed by atoms with Gasteiger partial charge in [-0.15, -0.1) is 12.4 Å². The number of benzene rings is 1. The molecule has 4 rings (SSSR count).